The zero-order valence-electron chi connectivity index (χ0n) is 10.8. The Labute approximate surface area is 127 Å². The van der Waals surface area contributed by atoms with Crippen molar-refractivity contribution in [3.63, 3.8) is 0 Å². The maximum absolute atomic E-state index is 12.3. The first kappa shape index (κ1) is 14.6. The van der Waals surface area contributed by atoms with E-state index in [0.29, 0.717) is 33.5 Å². The number of amides is 1. The van der Waals surface area contributed by atoms with Gasteiger partial charge in [0.25, 0.3) is 5.91 Å². The van der Waals surface area contributed by atoms with E-state index in [1.54, 1.807) is 36.7 Å². The third-order valence-electron chi connectivity index (χ3n) is 2.63. The van der Waals surface area contributed by atoms with Gasteiger partial charge in [-0.1, -0.05) is 29.3 Å². The first-order valence-electron chi connectivity index (χ1n) is 6.06. The molecule has 104 valence electrons. The van der Waals surface area contributed by atoms with Gasteiger partial charge in [0.05, 0.1) is 33.2 Å². The summed E-state index contributed by atoms with van der Waals surface area (Å²) >= 11 is 12.1. The van der Waals surface area contributed by atoms with Gasteiger partial charge in [-0.15, -0.1) is 0 Å². The number of nitrogens with zero attached hydrogens (tertiary/aromatic N) is 1. The van der Waals surface area contributed by atoms with Gasteiger partial charge in [0.15, 0.2) is 0 Å². The fourth-order valence-electron chi connectivity index (χ4n) is 1.72. The summed E-state index contributed by atoms with van der Waals surface area (Å²) in [6.07, 6.45) is 3.16. The van der Waals surface area contributed by atoms with E-state index in [9.17, 15) is 4.79 Å². The van der Waals surface area contributed by atoms with Crippen molar-refractivity contribution in [2.75, 3.05) is 17.2 Å². The normalized spacial score (nSPS) is 10.2. The van der Waals surface area contributed by atoms with Gasteiger partial charge in [-0.05, 0) is 25.1 Å². The van der Waals surface area contributed by atoms with Crippen molar-refractivity contribution in [3.05, 3.63) is 52.3 Å². The Morgan fingerprint density at radius 2 is 1.95 bits per heavy atom. The molecule has 0 fully saturated rings. The first-order chi connectivity index (χ1) is 9.63. The summed E-state index contributed by atoms with van der Waals surface area (Å²) in [6, 6.07) is 6.69. The summed E-state index contributed by atoms with van der Waals surface area (Å²) in [5, 5.41) is 6.59. The van der Waals surface area contributed by atoms with E-state index in [4.69, 9.17) is 23.2 Å². The highest BCUT2D eigenvalue weighted by Crippen LogP contribution is 2.30. The topological polar surface area (TPSA) is 54.0 Å². The maximum atomic E-state index is 12.3. The summed E-state index contributed by atoms with van der Waals surface area (Å²) in [4.78, 5) is 16.3. The van der Waals surface area contributed by atoms with Gasteiger partial charge in [-0.25, -0.2) is 0 Å². The van der Waals surface area contributed by atoms with Crippen LogP contribution in [-0.2, 0) is 0 Å². The molecule has 0 unspecified atom stereocenters. The van der Waals surface area contributed by atoms with Crippen LogP contribution < -0.4 is 10.6 Å². The van der Waals surface area contributed by atoms with Crippen LogP contribution in [-0.4, -0.2) is 17.4 Å². The molecule has 0 spiro atoms. The lowest BCUT2D eigenvalue weighted by molar-refractivity contribution is 0.102. The smallest absolute Gasteiger partial charge is 0.257 e. The molecule has 0 radical (unpaired) electrons. The van der Waals surface area contributed by atoms with Gasteiger partial charge in [-0.2, -0.15) is 0 Å². The van der Waals surface area contributed by atoms with Gasteiger partial charge in [0.1, 0.15) is 0 Å². The van der Waals surface area contributed by atoms with Crippen LogP contribution in [0.5, 0.6) is 0 Å². The molecule has 2 aromatic rings. The SMILES string of the molecule is CCNc1cnccc1C(=O)Nc1c(Cl)cccc1Cl. The Hall–Kier alpha value is -1.78. The van der Waals surface area contributed by atoms with Crippen LogP contribution in [0.3, 0.4) is 0 Å². The number of benzene rings is 1. The lowest BCUT2D eigenvalue weighted by atomic mass is 10.2. The second kappa shape index (κ2) is 6.59. The Bertz CT molecular complexity index is 611. The largest absolute Gasteiger partial charge is 0.383 e. The molecule has 0 bridgehead atoms. The van der Waals surface area contributed by atoms with Crippen molar-refractivity contribution < 1.29 is 4.79 Å². The fourth-order valence-corrected chi connectivity index (χ4v) is 2.21. The summed E-state index contributed by atoms with van der Waals surface area (Å²) in [6.45, 7) is 2.64. The summed E-state index contributed by atoms with van der Waals surface area (Å²) < 4.78 is 0. The van der Waals surface area contributed by atoms with E-state index in [0.717, 1.165) is 0 Å². The number of anilines is 2. The Kier molecular flexibility index (Phi) is 4.82. The van der Waals surface area contributed by atoms with Gasteiger partial charge >= 0.3 is 0 Å². The molecule has 2 N–H and O–H groups in total. The van der Waals surface area contributed by atoms with Crippen molar-refractivity contribution >= 4 is 40.5 Å². The number of carbonyl (C=O) groups excluding carboxylic acids is 1. The molecule has 20 heavy (non-hydrogen) atoms. The second-order valence-corrected chi connectivity index (χ2v) is 4.82. The molecule has 1 heterocycles. The summed E-state index contributed by atoms with van der Waals surface area (Å²) in [5.74, 6) is -0.293. The lowest BCUT2D eigenvalue weighted by Crippen LogP contribution is -2.15. The van der Waals surface area contributed by atoms with Gasteiger partial charge in [0.2, 0.25) is 0 Å². The fraction of sp³-hybridized carbons (Fsp3) is 0.143. The molecule has 0 aliphatic carbocycles. The van der Waals surface area contributed by atoms with Crippen molar-refractivity contribution in [1.29, 1.82) is 0 Å². The van der Waals surface area contributed by atoms with Gasteiger partial charge < -0.3 is 10.6 Å². The first-order valence-corrected chi connectivity index (χ1v) is 6.82. The highest BCUT2D eigenvalue weighted by molar-refractivity contribution is 6.40. The molecule has 4 nitrogen and oxygen atoms in total. The third-order valence-corrected chi connectivity index (χ3v) is 3.26. The molecule has 6 heteroatoms. The second-order valence-electron chi connectivity index (χ2n) is 4.00. The Balaban J connectivity index is 2.29. The van der Waals surface area contributed by atoms with E-state index in [2.05, 4.69) is 15.6 Å². The van der Waals surface area contributed by atoms with Crippen LogP contribution in [0, 0.1) is 0 Å². The van der Waals surface area contributed by atoms with Crippen molar-refractivity contribution in [2.24, 2.45) is 0 Å². The number of halogens is 2. The highest BCUT2D eigenvalue weighted by Gasteiger charge is 2.14. The Morgan fingerprint density at radius 3 is 2.60 bits per heavy atom. The molecule has 1 amide bonds. The van der Waals surface area contributed by atoms with E-state index < -0.39 is 0 Å². The average molecular weight is 310 g/mol. The number of nitrogens with one attached hydrogen (secondary N) is 2. The molecule has 0 saturated heterocycles. The lowest BCUT2D eigenvalue weighted by Gasteiger charge is -2.12. The summed E-state index contributed by atoms with van der Waals surface area (Å²) in [5.41, 5.74) is 1.55. The zero-order chi connectivity index (χ0) is 14.5. The standard InChI is InChI=1S/C14H13Cl2N3O/c1-2-18-12-8-17-7-6-9(12)14(20)19-13-10(15)4-3-5-11(13)16/h3-8,18H,2H2,1H3,(H,19,20). The van der Waals surface area contributed by atoms with Gasteiger partial charge in [-0.3, -0.25) is 9.78 Å². The molecule has 0 aliphatic heterocycles. The quantitative estimate of drug-likeness (QED) is 0.895. The van der Waals surface area contributed by atoms with Crippen LogP contribution in [0.4, 0.5) is 11.4 Å². The molecular weight excluding hydrogens is 297 g/mol. The molecule has 1 aromatic carbocycles. The van der Waals surface area contributed by atoms with Crippen molar-refractivity contribution in [1.82, 2.24) is 4.98 Å². The zero-order valence-corrected chi connectivity index (χ0v) is 12.3. The minimum absolute atomic E-state index is 0.293. The predicted molar refractivity (Wildman–Crippen MR) is 82.8 cm³/mol. The van der Waals surface area contributed by atoms with E-state index in [1.807, 2.05) is 6.92 Å². The van der Waals surface area contributed by atoms with Crippen LogP contribution >= 0.6 is 23.2 Å². The van der Waals surface area contributed by atoms with Crippen molar-refractivity contribution in [2.45, 2.75) is 6.92 Å². The summed E-state index contributed by atoms with van der Waals surface area (Å²) in [7, 11) is 0. The van der Waals surface area contributed by atoms with Gasteiger partial charge in [0, 0.05) is 12.7 Å². The highest BCUT2D eigenvalue weighted by atomic mass is 35.5. The van der Waals surface area contributed by atoms with Crippen molar-refractivity contribution in [3.8, 4) is 0 Å². The minimum atomic E-state index is -0.293. The number of pyridine rings is 1. The van der Waals surface area contributed by atoms with Crippen LogP contribution in [0.2, 0.25) is 10.0 Å². The monoisotopic (exact) mass is 309 g/mol. The molecule has 2 rings (SSSR count). The van der Waals surface area contributed by atoms with Crippen LogP contribution in [0.25, 0.3) is 0 Å². The molecule has 1 aromatic heterocycles. The van der Waals surface area contributed by atoms with Crippen LogP contribution in [0.1, 0.15) is 17.3 Å². The number of para-hydroxylation sites is 1. The molecular formula is C14H13Cl2N3O. The minimum Gasteiger partial charge on any atom is -0.383 e. The number of hydrogen-bond acceptors (Lipinski definition) is 3. The average Bonchev–Trinajstić information content (AvgIpc) is 2.44. The number of rotatable bonds is 4. The molecule has 0 atom stereocenters. The molecule has 0 aliphatic rings. The molecule has 0 saturated carbocycles. The number of aromatic nitrogens is 1. The predicted octanol–water partition coefficient (Wildman–Crippen LogP) is 4.07. The van der Waals surface area contributed by atoms with E-state index in [1.165, 1.54) is 0 Å². The Morgan fingerprint density at radius 1 is 1.25 bits per heavy atom. The third kappa shape index (κ3) is 3.21. The van der Waals surface area contributed by atoms with E-state index in [-0.39, 0.29) is 5.91 Å². The number of carbonyl (C=O) groups is 1. The number of hydrogen-bond donors (Lipinski definition) is 2. The van der Waals surface area contributed by atoms with E-state index >= 15 is 0 Å². The maximum Gasteiger partial charge on any atom is 0.257 e. The van der Waals surface area contributed by atoms with Crippen LogP contribution in [0.15, 0.2) is 36.7 Å².